The second-order valence-corrected chi connectivity index (χ2v) is 7.62. The van der Waals surface area contributed by atoms with Crippen LogP contribution in [-0.2, 0) is 23.1 Å². The number of imidazole rings is 1. The number of benzene rings is 3. The van der Waals surface area contributed by atoms with E-state index in [1.54, 1.807) is 0 Å². The lowest BCUT2D eigenvalue weighted by atomic mass is 10.1. The van der Waals surface area contributed by atoms with E-state index in [4.69, 9.17) is 5.73 Å². The van der Waals surface area contributed by atoms with Gasteiger partial charge in [-0.3, -0.25) is 4.21 Å². The third-order valence-corrected chi connectivity index (χ3v) is 5.61. The predicted molar refractivity (Wildman–Crippen MR) is 111 cm³/mol. The van der Waals surface area contributed by atoms with Gasteiger partial charge in [-0.15, -0.1) is 0 Å². The lowest BCUT2D eigenvalue weighted by molar-refractivity contribution is 0.677. The Morgan fingerprint density at radius 1 is 0.926 bits per heavy atom. The van der Waals surface area contributed by atoms with Crippen molar-refractivity contribution in [3.8, 4) is 0 Å². The summed E-state index contributed by atoms with van der Waals surface area (Å²) in [6, 6.07) is 23.4. The highest BCUT2D eigenvalue weighted by atomic mass is 32.2. The molecule has 0 aliphatic heterocycles. The fourth-order valence-corrected chi connectivity index (χ4v) is 4.05. The molecule has 6 heteroatoms. The van der Waals surface area contributed by atoms with Gasteiger partial charge in [0.25, 0.3) is 0 Å². The molecule has 27 heavy (non-hydrogen) atoms. The van der Waals surface area contributed by atoms with Crippen LogP contribution in [0, 0.1) is 0 Å². The van der Waals surface area contributed by atoms with E-state index >= 15 is 0 Å². The molecule has 0 spiro atoms. The first kappa shape index (κ1) is 17.3. The molecule has 0 saturated heterocycles. The number of hydrogen-bond donors (Lipinski definition) is 3. The highest BCUT2D eigenvalue weighted by Gasteiger charge is 2.13. The Hall–Kier alpha value is -3.12. The molecule has 0 aliphatic rings. The Morgan fingerprint density at radius 2 is 1.63 bits per heavy atom. The van der Waals surface area contributed by atoms with Gasteiger partial charge < -0.3 is 16.0 Å². The second kappa shape index (κ2) is 7.63. The number of anilines is 2. The van der Waals surface area contributed by atoms with Crippen molar-refractivity contribution in [2.75, 3.05) is 11.1 Å². The van der Waals surface area contributed by atoms with Gasteiger partial charge in [-0.05, 0) is 35.4 Å². The molecule has 0 amide bonds. The first-order chi connectivity index (χ1) is 13.2. The smallest absolute Gasteiger partial charge is 0.197 e. The van der Waals surface area contributed by atoms with Crippen LogP contribution in [0.5, 0.6) is 0 Å². The number of nitrogens with zero attached hydrogens (tertiary/aromatic N) is 1. The van der Waals surface area contributed by atoms with Gasteiger partial charge in [0.2, 0.25) is 0 Å². The van der Waals surface area contributed by atoms with Crippen LogP contribution in [0.3, 0.4) is 0 Å². The maximum atomic E-state index is 12.8. The Labute approximate surface area is 160 Å². The zero-order chi connectivity index (χ0) is 18.6. The molecule has 0 aliphatic carbocycles. The van der Waals surface area contributed by atoms with Crippen LogP contribution in [0.15, 0.2) is 78.0 Å². The Bertz CT molecular complexity index is 1070. The van der Waals surface area contributed by atoms with Crippen LogP contribution in [0.4, 0.5) is 11.4 Å². The lowest BCUT2D eigenvalue weighted by Crippen LogP contribution is -2.06. The molecule has 5 nitrogen and oxygen atoms in total. The van der Waals surface area contributed by atoms with E-state index in [1.807, 2.05) is 72.8 Å². The molecule has 4 rings (SSSR count). The Balaban J connectivity index is 1.52. The summed E-state index contributed by atoms with van der Waals surface area (Å²) in [5.41, 5.74) is 11.5. The second-order valence-electron chi connectivity index (χ2n) is 6.26. The van der Waals surface area contributed by atoms with E-state index in [-0.39, 0.29) is 0 Å². The first-order valence-corrected chi connectivity index (χ1v) is 10.0. The number of rotatable bonds is 6. The summed E-state index contributed by atoms with van der Waals surface area (Å²) in [6.45, 7) is 0.612. The van der Waals surface area contributed by atoms with Crippen molar-refractivity contribution in [2.24, 2.45) is 0 Å². The molecule has 0 unspecified atom stereocenters. The van der Waals surface area contributed by atoms with E-state index in [1.165, 1.54) is 0 Å². The maximum Gasteiger partial charge on any atom is 0.197 e. The summed E-state index contributed by atoms with van der Waals surface area (Å²) >= 11 is 0. The minimum Gasteiger partial charge on any atom is -0.398 e. The van der Waals surface area contributed by atoms with Gasteiger partial charge in [0.05, 0.1) is 27.6 Å². The normalized spacial score (nSPS) is 12.1. The van der Waals surface area contributed by atoms with Gasteiger partial charge in [0, 0.05) is 17.9 Å². The molecule has 0 radical (unpaired) electrons. The maximum absolute atomic E-state index is 12.8. The number of nitrogens with one attached hydrogen (secondary N) is 2. The number of para-hydroxylation sites is 4. The van der Waals surface area contributed by atoms with Crippen LogP contribution in [0.1, 0.15) is 11.1 Å². The molecule has 136 valence electrons. The van der Waals surface area contributed by atoms with Crippen molar-refractivity contribution in [1.82, 2.24) is 9.97 Å². The largest absolute Gasteiger partial charge is 0.398 e. The van der Waals surface area contributed by atoms with Crippen molar-refractivity contribution in [3.05, 3.63) is 83.9 Å². The van der Waals surface area contributed by atoms with Crippen LogP contribution in [0.25, 0.3) is 11.0 Å². The molecule has 1 aromatic heterocycles. The minimum atomic E-state index is -1.26. The molecule has 1 heterocycles. The van der Waals surface area contributed by atoms with Gasteiger partial charge in [-0.1, -0.05) is 48.5 Å². The lowest BCUT2D eigenvalue weighted by Gasteiger charge is -2.12. The predicted octanol–water partition coefficient (Wildman–Crippen LogP) is 4.07. The van der Waals surface area contributed by atoms with Crippen molar-refractivity contribution in [3.63, 3.8) is 0 Å². The molecule has 0 saturated carbocycles. The summed E-state index contributed by atoms with van der Waals surface area (Å²) in [5.74, 6) is 0.382. The fraction of sp³-hybridized carbons (Fsp3) is 0.0952. The SMILES string of the molecule is Nc1ccccc1CNc1ccccc1C[S@](=O)c1nc2ccccc2[nH]1. The molecule has 4 aromatic rings. The molecule has 0 fully saturated rings. The summed E-state index contributed by atoms with van der Waals surface area (Å²) in [7, 11) is -1.26. The zero-order valence-corrected chi connectivity index (χ0v) is 15.5. The van der Waals surface area contributed by atoms with E-state index in [0.717, 1.165) is 33.5 Å². The van der Waals surface area contributed by atoms with E-state index in [9.17, 15) is 4.21 Å². The van der Waals surface area contributed by atoms with E-state index < -0.39 is 10.8 Å². The number of nitrogen functional groups attached to an aromatic ring is 1. The zero-order valence-electron chi connectivity index (χ0n) is 14.7. The Morgan fingerprint density at radius 3 is 2.44 bits per heavy atom. The molecule has 0 bridgehead atoms. The molecular weight excluding hydrogens is 356 g/mol. The average Bonchev–Trinajstić information content (AvgIpc) is 3.13. The fourth-order valence-electron chi connectivity index (χ4n) is 2.95. The van der Waals surface area contributed by atoms with Crippen molar-refractivity contribution in [1.29, 1.82) is 0 Å². The molecule has 4 N–H and O–H groups in total. The third-order valence-electron chi connectivity index (χ3n) is 4.41. The monoisotopic (exact) mass is 376 g/mol. The van der Waals surface area contributed by atoms with Crippen LogP contribution in [0.2, 0.25) is 0 Å². The van der Waals surface area contributed by atoms with Crippen molar-refractivity contribution in [2.45, 2.75) is 17.5 Å². The van der Waals surface area contributed by atoms with Crippen LogP contribution >= 0.6 is 0 Å². The first-order valence-electron chi connectivity index (χ1n) is 8.69. The number of aromatic amines is 1. The van der Waals surface area contributed by atoms with Crippen LogP contribution < -0.4 is 11.1 Å². The van der Waals surface area contributed by atoms with Gasteiger partial charge >= 0.3 is 0 Å². The topological polar surface area (TPSA) is 83.8 Å². The molecular formula is C21H20N4OS. The van der Waals surface area contributed by atoms with Gasteiger partial charge in [-0.25, -0.2) is 4.98 Å². The number of nitrogens with two attached hydrogens (primary N) is 1. The quantitative estimate of drug-likeness (QED) is 0.443. The Kier molecular flexibility index (Phi) is 4.89. The summed E-state index contributed by atoms with van der Waals surface area (Å²) in [4.78, 5) is 7.60. The molecule has 3 aromatic carbocycles. The summed E-state index contributed by atoms with van der Waals surface area (Å²) < 4.78 is 12.8. The standard InChI is InChI=1S/C21H20N4OS/c22-17-9-3-1-7-15(17)13-23-18-10-4-2-8-16(18)14-27(26)21-24-19-11-5-6-12-20(19)25-21/h1-12,23H,13-14,22H2,(H,24,25)/t27-/m0/s1. The van der Waals surface area contributed by atoms with E-state index in [2.05, 4.69) is 15.3 Å². The summed E-state index contributed by atoms with van der Waals surface area (Å²) in [6.07, 6.45) is 0. The van der Waals surface area contributed by atoms with Gasteiger partial charge in [0.1, 0.15) is 0 Å². The highest BCUT2D eigenvalue weighted by molar-refractivity contribution is 7.84. The molecule has 1 atom stereocenters. The highest BCUT2D eigenvalue weighted by Crippen LogP contribution is 2.22. The number of H-pyrrole nitrogens is 1. The number of fused-ring (bicyclic) bond motifs is 1. The summed E-state index contributed by atoms with van der Waals surface area (Å²) in [5, 5.41) is 3.91. The number of aromatic nitrogens is 2. The van der Waals surface area contributed by atoms with Crippen LogP contribution in [-0.4, -0.2) is 14.2 Å². The van der Waals surface area contributed by atoms with Gasteiger partial charge in [-0.2, -0.15) is 0 Å². The average molecular weight is 376 g/mol. The number of hydrogen-bond acceptors (Lipinski definition) is 4. The van der Waals surface area contributed by atoms with Crippen molar-refractivity contribution >= 4 is 33.2 Å². The van der Waals surface area contributed by atoms with E-state index in [0.29, 0.717) is 17.5 Å². The van der Waals surface area contributed by atoms with Crippen molar-refractivity contribution < 1.29 is 4.21 Å². The minimum absolute atomic E-state index is 0.382. The third kappa shape index (κ3) is 3.85. The van der Waals surface area contributed by atoms with Gasteiger partial charge in [0.15, 0.2) is 5.16 Å².